The predicted molar refractivity (Wildman–Crippen MR) is 116 cm³/mol. The number of hydrogen-bond acceptors (Lipinski definition) is 6. The summed E-state index contributed by atoms with van der Waals surface area (Å²) in [6.07, 6.45) is 8.42. The van der Waals surface area contributed by atoms with Gasteiger partial charge in [0, 0.05) is 11.8 Å². The molecule has 0 spiro atoms. The number of hydrogen-bond donors (Lipinski definition) is 0. The molecule has 178 valence electrons. The number of carbonyl (C=O) groups excluding carboxylic acids is 3. The molecule has 0 aromatic rings. The molecule has 6 aliphatic carbocycles. The second-order valence-corrected chi connectivity index (χ2v) is 12.1. The number of rotatable bonds is 8. The Labute approximate surface area is 191 Å². The average molecular weight is 447 g/mol. The van der Waals surface area contributed by atoms with E-state index in [2.05, 4.69) is 0 Å². The molecule has 0 heterocycles. The van der Waals surface area contributed by atoms with Gasteiger partial charge in [0.05, 0.1) is 23.4 Å². The molecule has 0 radical (unpaired) electrons. The summed E-state index contributed by atoms with van der Waals surface area (Å²) in [7, 11) is 0. The van der Waals surface area contributed by atoms with E-state index in [4.69, 9.17) is 14.2 Å². The van der Waals surface area contributed by atoms with Crippen molar-refractivity contribution in [1.82, 2.24) is 0 Å². The fraction of sp³-hybridized carbons (Fsp3) is 0.885. The minimum atomic E-state index is -0.500. The molecular weight excluding hydrogens is 408 g/mol. The molecule has 6 aliphatic rings. The third-order valence-corrected chi connectivity index (χ3v) is 9.57. The Kier molecular flexibility index (Phi) is 5.67. The first-order valence-corrected chi connectivity index (χ1v) is 12.7. The van der Waals surface area contributed by atoms with E-state index in [1.54, 1.807) is 0 Å². The summed E-state index contributed by atoms with van der Waals surface area (Å²) >= 11 is 0. The molecular formula is C26H38O6. The maximum absolute atomic E-state index is 12.9. The molecule has 6 heteroatoms. The normalized spacial score (nSPS) is 41.8. The minimum Gasteiger partial charge on any atom is -0.462 e. The summed E-state index contributed by atoms with van der Waals surface area (Å²) in [5.41, 5.74) is -0.834. The van der Waals surface area contributed by atoms with Crippen LogP contribution in [0.1, 0.15) is 78.6 Å². The molecule has 32 heavy (non-hydrogen) atoms. The Hall–Kier alpha value is -1.43. The van der Waals surface area contributed by atoms with Crippen LogP contribution >= 0.6 is 0 Å². The number of Topliss-reactive ketones (excluding diaryl/α,β-unsaturated/α-hetero) is 1. The lowest BCUT2D eigenvalue weighted by molar-refractivity contribution is -0.179. The zero-order valence-corrected chi connectivity index (χ0v) is 19.8. The van der Waals surface area contributed by atoms with Crippen molar-refractivity contribution in [3.63, 3.8) is 0 Å². The zero-order valence-electron chi connectivity index (χ0n) is 19.8. The van der Waals surface area contributed by atoms with Crippen LogP contribution in [0.3, 0.4) is 0 Å². The summed E-state index contributed by atoms with van der Waals surface area (Å²) in [6, 6.07) is 0. The lowest BCUT2D eigenvalue weighted by Gasteiger charge is -2.55. The van der Waals surface area contributed by atoms with Gasteiger partial charge < -0.3 is 14.2 Å². The molecule has 6 unspecified atom stereocenters. The van der Waals surface area contributed by atoms with Gasteiger partial charge in [0.25, 0.3) is 0 Å². The van der Waals surface area contributed by atoms with Gasteiger partial charge in [0.15, 0.2) is 6.79 Å². The van der Waals surface area contributed by atoms with E-state index >= 15 is 0 Å². The quantitative estimate of drug-likeness (QED) is 0.314. The molecule has 0 aromatic heterocycles. The van der Waals surface area contributed by atoms with E-state index in [1.807, 2.05) is 20.8 Å². The SMILES string of the molecule is CCC(C)(C)C(=O)OC1CC2CC(C(=O)OCOCC34CC5CC(CC(C5)C3=O)C4)C1C2. The van der Waals surface area contributed by atoms with Crippen molar-refractivity contribution in [2.45, 2.75) is 84.7 Å². The van der Waals surface area contributed by atoms with E-state index in [0.29, 0.717) is 30.1 Å². The monoisotopic (exact) mass is 446 g/mol. The fourth-order valence-electron chi connectivity index (χ4n) is 7.70. The Morgan fingerprint density at radius 3 is 2.38 bits per heavy atom. The van der Waals surface area contributed by atoms with Gasteiger partial charge in [-0.15, -0.1) is 0 Å². The minimum absolute atomic E-state index is 0.0498. The van der Waals surface area contributed by atoms with Gasteiger partial charge >= 0.3 is 11.9 Å². The summed E-state index contributed by atoms with van der Waals surface area (Å²) in [4.78, 5) is 38.2. The van der Waals surface area contributed by atoms with E-state index in [0.717, 1.165) is 51.4 Å². The molecule has 6 fully saturated rings. The summed E-state index contributed by atoms with van der Waals surface area (Å²) < 4.78 is 17.1. The highest BCUT2D eigenvalue weighted by molar-refractivity contribution is 5.89. The summed E-state index contributed by atoms with van der Waals surface area (Å²) in [5.74, 6) is 1.80. The fourth-order valence-corrected chi connectivity index (χ4v) is 7.70. The highest BCUT2D eigenvalue weighted by Crippen LogP contribution is 2.58. The van der Waals surface area contributed by atoms with Crippen molar-refractivity contribution in [2.24, 2.45) is 46.3 Å². The van der Waals surface area contributed by atoms with E-state index in [-0.39, 0.29) is 48.0 Å². The highest BCUT2D eigenvalue weighted by atomic mass is 16.7. The molecule has 6 saturated carbocycles. The van der Waals surface area contributed by atoms with Gasteiger partial charge in [-0.2, -0.15) is 0 Å². The van der Waals surface area contributed by atoms with Gasteiger partial charge in [-0.05, 0) is 89.4 Å². The predicted octanol–water partition coefficient (Wildman–Crippen LogP) is 4.29. The van der Waals surface area contributed by atoms with Gasteiger partial charge in [0.1, 0.15) is 11.9 Å². The molecule has 6 atom stereocenters. The third kappa shape index (κ3) is 3.80. The molecule has 0 aliphatic heterocycles. The van der Waals surface area contributed by atoms with Crippen LogP contribution in [0.5, 0.6) is 0 Å². The largest absolute Gasteiger partial charge is 0.462 e. The van der Waals surface area contributed by atoms with Crippen LogP contribution in [0.2, 0.25) is 0 Å². The van der Waals surface area contributed by atoms with Gasteiger partial charge in [-0.25, -0.2) is 0 Å². The Morgan fingerprint density at radius 2 is 1.72 bits per heavy atom. The first-order chi connectivity index (χ1) is 15.2. The van der Waals surface area contributed by atoms with Crippen molar-refractivity contribution < 1.29 is 28.6 Å². The van der Waals surface area contributed by atoms with Crippen molar-refractivity contribution in [3.05, 3.63) is 0 Å². The average Bonchev–Trinajstić information content (AvgIpc) is 3.35. The standard InChI is InChI=1S/C26H38O6/c1-4-25(2,3)24(29)32-21-10-15-8-19(21)20(9-15)23(28)31-14-30-13-26-11-16-5-17(12-26)7-18(6-16)22(26)27/h15-21H,4-14H2,1-3H3. The lowest BCUT2D eigenvalue weighted by Crippen LogP contribution is -2.55. The Morgan fingerprint density at radius 1 is 1.00 bits per heavy atom. The van der Waals surface area contributed by atoms with Crippen LogP contribution in [0.15, 0.2) is 0 Å². The van der Waals surface area contributed by atoms with Crippen LogP contribution in [-0.2, 0) is 28.6 Å². The molecule has 0 amide bonds. The first kappa shape index (κ1) is 22.4. The smallest absolute Gasteiger partial charge is 0.311 e. The van der Waals surface area contributed by atoms with E-state index in [1.165, 1.54) is 6.42 Å². The highest BCUT2D eigenvalue weighted by Gasteiger charge is 2.57. The third-order valence-electron chi connectivity index (χ3n) is 9.57. The van der Waals surface area contributed by atoms with Gasteiger partial charge in [0.2, 0.25) is 0 Å². The second-order valence-electron chi connectivity index (χ2n) is 12.1. The van der Waals surface area contributed by atoms with Crippen molar-refractivity contribution in [3.8, 4) is 0 Å². The number of ether oxygens (including phenoxy) is 3. The number of fused-ring (bicyclic) bond motifs is 2. The van der Waals surface area contributed by atoms with E-state index in [9.17, 15) is 14.4 Å². The maximum Gasteiger partial charge on any atom is 0.311 e. The Balaban J connectivity index is 1.11. The zero-order chi connectivity index (χ0) is 22.7. The molecule has 6 nitrogen and oxygen atoms in total. The second kappa shape index (κ2) is 8.11. The topological polar surface area (TPSA) is 78.9 Å². The van der Waals surface area contributed by atoms with Crippen LogP contribution < -0.4 is 0 Å². The maximum atomic E-state index is 12.9. The van der Waals surface area contributed by atoms with Crippen molar-refractivity contribution >= 4 is 17.7 Å². The van der Waals surface area contributed by atoms with Crippen LogP contribution in [0.4, 0.5) is 0 Å². The van der Waals surface area contributed by atoms with Crippen molar-refractivity contribution in [2.75, 3.05) is 13.4 Å². The lowest BCUT2D eigenvalue weighted by atomic mass is 9.49. The Bertz CT molecular complexity index is 773. The summed E-state index contributed by atoms with van der Waals surface area (Å²) in [6.45, 7) is 6.08. The van der Waals surface area contributed by atoms with Crippen LogP contribution in [0, 0.1) is 46.3 Å². The summed E-state index contributed by atoms with van der Waals surface area (Å²) in [5, 5.41) is 0. The molecule has 6 bridgehead atoms. The van der Waals surface area contributed by atoms with E-state index < -0.39 is 5.41 Å². The molecule has 0 saturated heterocycles. The van der Waals surface area contributed by atoms with Crippen LogP contribution in [0.25, 0.3) is 0 Å². The first-order valence-electron chi connectivity index (χ1n) is 12.7. The molecule has 0 N–H and O–H groups in total. The number of carbonyl (C=O) groups is 3. The van der Waals surface area contributed by atoms with Crippen LogP contribution in [-0.4, -0.2) is 37.2 Å². The molecule has 6 rings (SSSR count). The van der Waals surface area contributed by atoms with Gasteiger partial charge in [-0.1, -0.05) is 6.92 Å². The number of esters is 2. The van der Waals surface area contributed by atoms with Gasteiger partial charge in [-0.3, -0.25) is 14.4 Å². The number of ketones is 1. The molecule has 0 aromatic carbocycles. The van der Waals surface area contributed by atoms with Crippen molar-refractivity contribution in [1.29, 1.82) is 0 Å².